The van der Waals surface area contributed by atoms with Gasteiger partial charge < -0.3 is 10.4 Å². The second-order valence-electron chi connectivity index (χ2n) is 4.97. The van der Waals surface area contributed by atoms with Gasteiger partial charge in [-0.3, -0.25) is 0 Å². The van der Waals surface area contributed by atoms with E-state index in [9.17, 15) is 13.5 Å². The van der Waals surface area contributed by atoms with E-state index in [1.165, 1.54) is 0 Å². The first-order valence-electron chi connectivity index (χ1n) is 7.17. The Morgan fingerprint density at radius 1 is 1.10 bits per heavy atom. The van der Waals surface area contributed by atoms with Gasteiger partial charge in [-0.1, -0.05) is 37.5 Å². The highest BCUT2D eigenvalue weighted by atomic mass is 32.2. The molecule has 114 valence electrons. The summed E-state index contributed by atoms with van der Waals surface area (Å²) in [6.07, 6.45) is 4.55. The van der Waals surface area contributed by atoms with Gasteiger partial charge in [0.05, 0.1) is 16.8 Å². The van der Waals surface area contributed by atoms with E-state index in [1.54, 1.807) is 30.3 Å². The maximum absolute atomic E-state index is 12.4. The minimum Gasteiger partial charge on any atom is -0.395 e. The number of benzene rings is 1. The van der Waals surface area contributed by atoms with Crippen LogP contribution in [0.15, 0.2) is 35.2 Å². The molecule has 20 heavy (non-hydrogen) atoms. The fourth-order valence-electron chi connectivity index (χ4n) is 2.17. The number of aliphatic hydroxyl groups excluding tert-OH is 1. The van der Waals surface area contributed by atoms with Gasteiger partial charge in [-0.15, -0.1) is 0 Å². The molecule has 2 N–H and O–H groups in total. The van der Waals surface area contributed by atoms with Gasteiger partial charge in [-0.25, -0.2) is 8.42 Å². The highest BCUT2D eigenvalue weighted by Crippen LogP contribution is 2.20. The Labute approximate surface area is 122 Å². The first-order valence-corrected chi connectivity index (χ1v) is 8.72. The second kappa shape index (κ2) is 9.10. The fourth-order valence-corrected chi connectivity index (χ4v) is 3.77. The van der Waals surface area contributed by atoms with Crippen LogP contribution in [0.3, 0.4) is 0 Å². The number of hydrogen-bond donors (Lipinski definition) is 2. The number of nitrogens with one attached hydrogen (secondary N) is 1. The zero-order valence-electron chi connectivity index (χ0n) is 12.1. The molecule has 1 aromatic rings. The van der Waals surface area contributed by atoms with Crippen LogP contribution in [0.2, 0.25) is 0 Å². The van der Waals surface area contributed by atoms with Gasteiger partial charge in [0, 0.05) is 0 Å². The Balaban J connectivity index is 2.49. The molecule has 0 amide bonds. The molecule has 1 atom stereocenters. The monoisotopic (exact) mass is 299 g/mol. The van der Waals surface area contributed by atoms with Crippen LogP contribution < -0.4 is 5.32 Å². The zero-order chi connectivity index (χ0) is 14.8. The molecule has 0 aliphatic rings. The van der Waals surface area contributed by atoms with Crippen molar-refractivity contribution < 1.29 is 13.5 Å². The van der Waals surface area contributed by atoms with Crippen molar-refractivity contribution in [1.82, 2.24) is 5.32 Å². The average molecular weight is 299 g/mol. The van der Waals surface area contributed by atoms with E-state index in [0.717, 1.165) is 32.2 Å². The molecule has 0 spiro atoms. The molecular formula is C15H25NO3S. The largest absolute Gasteiger partial charge is 0.395 e. The lowest BCUT2D eigenvalue weighted by molar-refractivity contribution is 0.283. The van der Waals surface area contributed by atoms with Crippen molar-refractivity contribution in [3.63, 3.8) is 0 Å². The van der Waals surface area contributed by atoms with Crippen LogP contribution in [0.25, 0.3) is 0 Å². The van der Waals surface area contributed by atoms with E-state index < -0.39 is 15.1 Å². The van der Waals surface area contributed by atoms with Crippen molar-refractivity contribution in [3.05, 3.63) is 30.3 Å². The molecule has 5 heteroatoms. The van der Waals surface area contributed by atoms with Crippen LogP contribution in [0.1, 0.15) is 32.1 Å². The van der Waals surface area contributed by atoms with Gasteiger partial charge in [0.1, 0.15) is 0 Å². The molecule has 0 fully saturated rings. The molecule has 0 radical (unpaired) electrons. The molecule has 4 nitrogen and oxygen atoms in total. The van der Waals surface area contributed by atoms with Gasteiger partial charge >= 0.3 is 0 Å². The van der Waals surface area contributed by atoms with Crippen LogP contribution in [-0.4, -0.2) is 39.0 Å². The third-order valence-corrected chi connectivity index (χ3v) is 5.61. The topological polar surface area (TPSA) is 66.4 Å². The number of hydrogen-bond acceptors (Lipinski definition) is 4. The first-order chi connectivity index (χ1) is 9.62. The number of sulfone groups is 1. The predicted octanol–water partition coefficient (Wildman–Crippen LogP) is 1.99. The van der Waals surface area contributed by atoms with Gasteiger partial charge in [0.15, 0.2) is 9.84 Å². The molecule has 0 saturated heterocycles. The summed E-state index contributed by atoms with van der Waals surface area (Å²) in [6, 6.07) is 8.38. The summed E-state index contributed by atoms with van der Waals surface area (Å²) in [5.74, 6) is 0. The minimum atomic E-state index is -3.41. The van der Waals surface area contributed by atoms with Crippen molar-refractivity contribution in [2.45, 2.75) is 42.2 Å². The Kier molecular flexibility index (Phi) is 7.80. The molecule has 0 saturated carbocycles. The maximum atomic E-state index is 12.4. The lowest BCUT2D eigenvalue weighted by atomic mass is 10.1. The van der Waals surface area contributed by atoms with E-state index in [-0.39, 0.29) is 6.61 Å². The Morgan fingerprint density at radius 3 is 2.35 bits per heavy atom. The molecular weight excluding hydrogens is 274 g/mol. The molecule has 0 aromatic heterocycles. The van der Waals surface area contributed by atoms with Crippen molar-refractivity contribution in [1.29, 1.82) is 0 Å². The Hall–Kier alpha value is -0.910. The summed E-state index contributed by atoms with van der Waals surface area (Å²) in [6.45, 7) is 0.680. The lowest BCUT2D eigenvalue weighted by Gasteiger charge is -2.15. The van der Waals surface area contributed by atoms with Gasteiger partial charge in [-0.05, 0) is 38.6 Å². The average Bonchev–Trinajstić information content (AvgIpc) is 2.47. The molecule has 0 aliphatic heterocycles. The third-order valence-electron chi connectivity index (χ3n) is 3.42. The minimum absolute atomic E-state index is 0.300. The van der Waals surface area contributed by atoms with Crippen LogP contribution in [0, 0.1) is 0 Å². The first kappa shape index (κ1) is 17.1. The Morgan fingerprint density at radius 2 is 1.75 bits per heavy atom. The molecule has 1 rings (SSSR count). The zero-order valence-corrected chi connectivity index (χ0v) is 12.9. The van der Waals surface area contributed by atoms with Gasteiger partial charge in [-0.2, -0.15) is 0 Å². The Bertz CT molecular complexity index is 459. The maximum Gasteiger partial charge on any atom is 0.183 e. The van der Waals surface area contributed by atoms with Gasteiger partial charge in [0.25, 0.3) is 0 Å². The SMILES string of the molecule is CNCCCCCCC(CO)S(=O)(=O)c1ccccc1. The molecule has 1 aromatic carbocycles. The van der Waals surface area contributed by atoms with Crippen molar-refractivity contribution in [2.24, 2.45) is 0 Å². The lowest BCUT2D eigenvalue weighted by Crippen LogP contribution is -2.25. The summed E-state index contributed by atoms with van der Waals surface area (Å²) in [4.78, 5) is 0.300. The third kappa shape index (κ3) is 5.23. The summed E-state index contributed by atoms with van der Waals surface area (Å²) in [5.41, 5.74) is 0. The van der Waals surface area contributed by atoms with E-state index >= 15 is 0 Å². The highest BCUT2D eigenvalue weighted by Gasteiger charge is 2.25. The van der Waals surface area contributed by atoms with E-state index in [4.69, 9.17) is 0 Å². The van der Waals surface area contributed by atoms with Crippen LogP contribution in [0.5, 0.6) is 0 Å². The molecule has 0 heterocycles. The fraction of sp³-hybridized carbons (Fsp3) is 0.600. The molecule has 0 bridgehead atoms. The number of rotatable bonds is 10. The normalized spacial score (nSPS) is 13.3. The summed E-state index contributed by atoms with van der Waals surface area (Å²) in [5, 5.41) is 11.8. The molecule has 1 unspecified atom stereocenters. The number of unbranched alkanes of at least 4 members (excludes halogenated alkanes) is 3. The standard InChI is InChI=1S/C15H25NO3S/c1-16-12-8-3-2-5-11-15(13-17)20(18,19)14-9-6-4-7-10-14/h4,6-7,9-10,15-17H,2-3,5,8,11-13H2,1H3. The quantitative estimate of drug-likeness (QED) is 0.648. The van der Waals surface area contributed by atoms with Crippen LogP contribution in [0.4, 0.5) is 0 Å². The van der Waals surface area contributed by atoms with Gasteiger partial charge in [0.2, 0.25) is 0 Å². The van der Waals surface area contributed by atoms with Crippen molar-refractivity contribution >= 4 is 9.84 Å². The van der Waals surface area contributed by atoms with E-state index in [1.807, 2.05) is 7.05 Å². The van der Waals surface area contributed by atoms with Crippen molar-refractivity contribution in [3.8, 4) is 0 Å². The van der Waals surface area contributed by atoms with Crippen LogP contribution >= 0.6 is 0 Å². The summed E-state index contributed by atoms with van der Waals surface area (Å²) in [7, 11) is -1.49. The van der Waals surface area contributed by atoms with Crippen molar-refractivity contribution in [2.75, 3.05) is 20.2 Å². The predicted molar refractivity (Wildman–Crippen MR) is 81.5 cm³/mol. The summed E-state index contributed by atoms with van der Waals surface area (Å²) < 4.78 is 24.7. The molecule has 0 aliphatic carbocycles. The van der Waals surface area contributed by atoms with Crippen LogP contribution in [-0.2, 0) is 9.84 Å². The summed E-state index contributed by atoms with van der Waals surface area (Å²) >= 11 is 0. The highest BCUT2D eigenvalue weighted by molar-refractivity contribution is 7.92. The number of aliphatic hydroxyl groups is 1. The second-order valence-corrected chi connectivity index (χ2v) is 7.20. The van der Waals surface area contributed by atoms with E-state index in [0.29, 0.717) is 11.3 Å². The van der Waals surface area contributed by atoms with E-state index in [2.05, 4.69) is 5.32 Å². The smallest absolute Gasteiger partial charge is 0.183 e.